The number of aliphatic hydroxyl groups is 2. The van der Waals surface area contributed by atoms with Gasteiger partial charge in [0.05, 0.1) is 25.2 Å². The van der Waals surface area contributed by atoms with Gasteiger partial charge in [-0.1, -0.05) is 201 Å². The molecule has 0 aliphatic rings. The summed E-state index contributed by atoms with van der Waals surface area (Å²) in [5, 5.41) is 23.6. The Morgan fingerprint density at radius 3 is 1.67 bits per heavy atom. The summed E-state index contributed by atoms with van der Waals surface area (Å²) in [5.74, 6) is -0.584. The van der Waals surface area contributed by atoms with E-state index in [2.05, 4.69) is 74.7 Å². The maximum atomic E-state index is 13.1. The number of hydrogen-bond donors (Lipinski definition) is 3. The van der Waals surface area contributed by atoms with Crippen molar-refractivity contribution in [3.63, 3.8) is 0 Å². The number of rotatable bonds is 39. The smallest absolute Gasteiger partial charge is 0.306 e. The highest BCUT2D eigenvalue weighted by Crippen LogP contribution is 2.16. The van der Waals surface area contributed by atoms with Gasteiger partial charge in [-0.15, -0.1) is 0 Å². The van der Waals surface area contributed by atoms with Gasteiger partial charge in [0, 0.05) is 6.42 Å². The molecule has 0 saturated carbocycles. The maximum Gasteiger partial charge on any atom is 0.306 e. The average molecular weight is 792 g/mol. The molecule has 3 unspecified atom stereocenters. The summed E-state index contributed by atoms with van der Waals surface area (Å²) in [6, 6.07) is -0.733. The molecule has 0 aromatic carbocycles. The van der Waals surface area contributed by atoms with Crippen LogP contribution in [-0.2, 0) is 14.3 Å². The number of carbonyl (C=O) groups is 2. The second kappa shape index (κ2) is 43.9. The van der Waals surface area contributed by atoms with Gasteiger partial charge in [-0.25, -0.2) is 0 Å². The van der Waals surface area contributed by atoms with Crippen molar-refractivity contribution in [3.8, 4) is 0 Å². The van der Waals surface area contributed by atoms with Crippen LogP contribution in [-0.4, -0.2) is 46.9 Å². The Bertz CT molecular complexity index is 1160. The summed E-state index contributed by atoms with van der Waals surface area (Å²) < 4.78 is 5.86. The summed E-state index contributed by atoms with van der Waals surface area (Å²) >= 11 is 0. The van der Waals surface area contributed by atoms with Crippen LogP contribution in [0.1, 0.15) is 188 Å². The molecule has 0 spiro atoms. The second-order valence-electron chi connectivity index (χ2n) is 15.2. The van der Waals surface area contributed by atoms with Gasteiger partial charge >= 0.3 is 5.97 Å². The van der Waals surface area contributed by atoms with Gasteiger partial charge in [-0.05, 0) is 70.6 Å². The van der Waals surface area contributed by atoms with Crippen molar-refractivity contribution in [2.75, 3.05) is 6.61 Å². The SMILES string of the molecule is CC/C=C/C=C/C=C\C=C/C=C/CCCC(CC(=O)NC(CO)C(O)CCCCCCCCCCCCC)OC(=O)CCCCCC/C=C/C/C=C/C/C=C/CC. The Morgan fingerprint density at radius 1 is 0.544 bits per heavy atom. The molecule has 0 aromatic rings. The molecule has 0 aliphatic carbocycles. The molecular weight excluding hydrogens is 707 g/mol. The van der Waals surface area contributed by atoms with Crippen LogP contribution in [0.25, 0.3) is 0 Å². The lowest BCUT2D eigenvalue weighted by atomic mass is 10.0. The van der Waals surface area contributed by atoms with Crippen molar-refractivity contribution in [3.05, 3.63) is 97.2 Å². The van der Waals surface area contributed by atoms with Crippen molar-refractivity contribution < 1.29 is 24.5 Å². The molecule has 1 amide bonds. The first-order valence-corrected chi connectivity index (χ1v) is 23.0. The number of unbranched alkanes of at least 4 members (excludes halogenated alkanes) is 15. The number of carbonyl (C=O) groups excluding carboxylic acids is 2. The first-order chi connectivity index (χ1) is 28.0. The molecule has 0 rings (SSSR count). The summed E-state index contributed by atoms with van der Waals surface area (Å²) in [7, 11) is 0. The van der Waals surface area contributed by atoms with Crippen LogP contribution in [0, 0.1) is 0 Å². The fourth-order valence-corrected chi connectivity index (χ4v) is 6.35. The fraction of sp³-hybridized carbons (Fsp3) is 0.647. The lowest BCUT2D eigenvalue weighted by Gasteiger charge is -2.24. The molecule has 0 aliphatic heterocycles. The largest absolute Gasteiger partial charge is 0.462 e. The quantitative estimate of drug-likeness (QED) is 0.0249. The van der Waals surface area contributed by atoms with E-state index in [1.54, 1.807) is 0 Å². The lowest BCUT2D eigenvalue weighted by Crippen LogP contribution is -2.46. The molecule has 57 heavy (non-hydrogen) atoms. The summed E-state index contributed by atoms with van der Waals surface area (Å²) in [4.78, 5) is 26.0. The molecule has 3 atom stereocenters. The molecule has 0 radical (unpaired) electrons. The zero-order valence-corrected chi connectivity index (χ0v) is 36.7. The van der Waals surface area contributed by atoms with Crippen LogP contribution >= 0.6 is 0 Å². The van der Waals surface area contributed by atoms with Gasteiger partial charge in [-0.3, -0.25) is 9.59 Å². The third-order valence-corrected chi connectivity index (χ3v) is 9.79. The minimum Gasteiger partial charge on any atom is -0.462 e. The van der Waals surface area contributed by atoms with Gasteiger partial charge in [-0.2, -0.15) is 0 Å². The van der Waals surface area contributed by atoms with Crippen LogP contribution in [0.4, 0.5) is 0 Å². The van der Waals surface area contributed by atoms with Crippen LogP contribution in [0.15, 0.2) is 97.2 Å². The minimum absolute atomic E-state index is 0.0136. The van der Waals surface area contributed by atoms with E-state index in [4.69, 9.17) is 4.74 Å². The van der Waals surface area contributed by atoms with Gasteiger partial charge in [0.1, 0.15) is 6.10 Å². The number of allylic oxidation sites excluding steroid dienone is 16. The van der Waals surface area contributed by atoms with Crippen molar-refractivity contribution in [2.24, 2.45) is 0 Å². The van der Waals surface area contributed by atoms with Gasteiger partial charge < -0.3 is 20.3 Å². The Balaban J connectivity index is 4.78. The van der Waals surface area contributed by atoms with E-state index in [1.807, 2.05) is 48.6 Å². The normalized spacial score (nSPS) is 14.3. The Morgan fingerprint density at radius 2 is 1.05 bits per heavy atom. The fourth-order valence-electron chi connectivity index (χ4n) is 6.35. The van der Waals surface area contributed by atoms with E-state index in [0.717, 1.165) is 89.9 Å². The summed E-state index contributed by atoms with van der Waals surface area (Å²) in [6.07, 6.45) is 57.5. The first kappa shape index (κ1) is 53.8. The highest BCUT2D eigenvalue weighted by molar-refractivity contribution is 5.77. The molecule has 6 heteroatoms. The number of hydrogen-bond acceptors (Lipinski definition) is 5. The molecule has 0 fully saturated rings. The molecule has 324 valence electrons. The molecule has 0 heterocycles. The molecule has 0 bridgehead atoms. The van der Waals surface area contributed by atoms with Crippen LogP contribution in [0.3, 0.4) is 0 Å². The average Bonchev–Trinajstić information content (AvgIpc) is 3.20. The van der Waals surface area contributed by atoms with Crippen LogP contribution in [0.5, 0.6) is 0 Å². The van der Waals surface area contributed by atoms with E-state index in [-0.39, 0.29) is 24.9 Å². The van der Waals surface area contributed by atoms with E-state index in [9.17, 15) is 19.8 Å². The topological polar surface area (TPSA) is 95.9 Å². The first-order valence-electron chi connectivity index (χ1n) is 23.0. The van der Waals surface area contributed by atoms with Crippen LogP contribution < -0.4 is 5.32 Å². The molecular formula is C51H85NO5. The summed E-state index contributed by atoms with van der Waals surface area (Å²) in [6.45, 7) is 6.17. The predicted octanol–water partition coefficient (Wildman–Crippen LogP) is 13.4. The number of aliphatic hydroxyl groups excluding tert-OH is 2. The van der Waals surface area contributed by atoms with Crippen LogP contribution in [0.2, 0.25) is 0 Å². The van der Waals surface area contributed by atoms with E-state index >= 15 is 0 Å². The van der Waals surface area contributed by atoms with Crippen molar-refractivity contribution in [2.45, 2.75) is 206 Å². The lowest BCUT2D eigenvalue weighted by molar-refractivity contribution is -0.151. The summed E-state index contributed by atoms with van der Waals surface area (Å²) in [5.41, 5.74) is 0. The third-order valence-electron chi connectivity index (χ3n) is 9.79. The van der Waals surface area contributed by atoms with Crippen molar-refractivity contribution in [1.29, 1.82) is 0 Å². The second-order valence-corrected chi connectivity index (χ2v) is 15.2. The van der Waals surface area contributed by atoms with Gasteiger partial charge in [0.25, 0.3) is 0 Å². The predicted molar refractivity (Wildman–Crippen MR) is 245 cm³/mol. The number of nitrogens with one attached hydrogen (secondary N) is 1. The van der Waals surface area contributed by atoms with E-state index in [0.29, 0.717) is 19.3 Å². The van der Waals surface area contributed by atoms with Crippen molar-refractivity contribution in [1.82, 2.24) is 5.32 Å². The molecule has 6 nitrogen and oxygen atoms in total. The highest BCUT2D eigenvalue weighted by Gasteiger charge is 2.24. The number of amides is 1. The van der Waals surface area contributed by atoms with Gasteiger partial charge in [0.2, 0.25) is 5.91 Å². The number of ether oxygens (including phenoxy) is 1. The van der Waals surface area contributed by atoms with E-state index in [1.165, 1.54) is 51.4 Å². The van der Waals surface area contributed by atoms with Gasteiger partial charge in [0.15, 0.2) is 0 Å². The monoisotopic (exact) mass is 792 g/mol. The van der Waals surface area contributed by atoms with Crippen molar-refractivity contribution >= 4 is 11.9 Å². The zero-order valence-electron chi connectivity index (χ0n) is 36.7. The maximum absolute atomic E-state index is 13.1. The third kappa shape index (κ3) is 39.4. The molecule has 0 aromatic heterocycles. The molecule has 0 saturated heterocycles. The highest BCUT2D eigenvalue weighted by atomic mass is 16.5. The molecule has 3 N–H and O–H groups in total. The Hall–Kier alpha value is -3.22. The Labute approximate surface area is 350 Å². The number of esters is 1. The van der Waals surface area contributed by atoms with E-state index < -0.39 is 18.2 Å². The standard InChI is InChI=1S/C51H85NO5/c1-4-7-10-13-16-19-22-24-26-29-32-35-38-41-44-51(56)57-47(42-39-36-33-30-28-25-23-20-17-14-11-8-5-2)45-50(55)52-48(46-53)49(54)43-40-37-34-31-27-21-18-15-12-9-6-3/h7-8,10-11,14,16-17,19-20,23-26,28,30,33,47-49,53-54H,4-6,9,12-13,15,18,21-22,27,29,31-32,34-46H2,1-3H3,(H,52,55)/b10-7+,11-8+,17-14+,19-16+,23-20-,26-24+,28-25-,33-30+. The minimum atomic E-state index is -0.814. The Kier molecular flexibility index (Phi) is 41.4. The zero-order chi connectivity index (χ0) is 41.7.